The Hall–Kier alpha value is -1.14. The minimum Gasteiger partial charge on any atom is -0.355 e. The molecular weight excluding hydrogens is 268 g/mol. The molecule has 0 aromatic heterocycles. The first-order valence-electron chi connectivity index (χ1n) is 8.06. The fraction of sp³-hybridized carbons (Fsp3) is 0.867. The van der Waals surface area contributed by atoms with Crippen molar-refractivity contribution in [3.8, 4) is 0 Å². The second-order valence-electron chi connectivity index (χ2n) is 6.26. The standard InChI is InChI=1S/C15H28N4O2/c1-18-7-9-19(10-8-18)14(20)5-6-17-15(21)13-4-2-3-12(13)11-16/h12-13H,2-11,16H2,1H3,(H,17,21)/t12-,13-/m1/s1. The Labute approximate surface area is 127 Å². The highest BCUT2D eigenvalue weighted by Gasteiger charge is 2.31. The van der Waals surface area contributed by atoms with E-state index in [0.29, 0.717) is 25.4 Å². The van der Waals surface area contributed by atoms with Crippen molar-refractivity contribution in [2.24, 2.45) is 17.6 Å². The summed E-state index contributed by atoms with van der Waals surface area (Å²) in [4.78, 5) is 28.3. The van der Waals surface area contributed by atoms with E-state index in [9.17, 15) is 9.59 Å². The maximum atomic E-state index is 12.1. The molecule has 0 aromatic carbocycles. The van der Waals surface area contributed by atoms with Crippen LogP contribution in [-0.2, 0) is 9.59 Å². The van der Waals surface area contributed by atoms with Crippen molar-refractivity contribution in [1.29, 1.82) is 0 Å². The van der Waals surface area contributed by atoms with Gasteiger partial charge in [-0.25, -0.2) is 0 Å². The van der Waals surface area contributed by atoms with E-state index in [0.717, 1.165) is 45.4 Å². The molecule has 120 valence electrons. The van der Waals surface area contributed by atoms with Crippen LogP contribution in [0.2, 0.25) is 0 Å². The monoisotopic (exact) mass is 296 g/mol. The molecule has 1 saturated carbocycles. The zero-order chi connectivity index (χ0) is 15.2. The van der Waals surface area contributed by atoms with Gasteiger partial charge in [0.25, 0.3) is 0 Å². The van der Waals surface area contributed by atoms with Crippen LogP contribution in [0.4, 0.5) is 0 Å². The molecular formula is C15H28N4O2. The van der Waals surface area contributed by atoms with Crippen LogP contribution in [-0.4, -0.2) is 67.9 Å². The van der Waals surface area contributed by atoms with Crippen LogP contribution in [0.3, 0.4) is 0 Å². The van der Waals surface area contributed by atoms with Gasteiger partial charge >= 0.3 is 0 Å². The molecule has 3 N–H and O–H groups in total. The number of nitrogens with one attached hydrogen (secondary N) is 1. The van der Waals surface area contributed by atoms with Gasteiger partial charge in [0.15, 0.2) is 0 Å². The zero-order valence-corrected chi connectivity index (χ0v) is 13.0. The summed E-state index contributed by atoms with van der Waals surface area (Å²) in [5.41, 5.74) is 5.70. The Morgan fingerprint density at radius 3 is 2.57 bits per heavy atom. The van der Waals surface area contributed by atoms with Gasteiger partial charge in [-0.2, -0.15) is 0 Å². The molecule has 0 aromatic rings. The largest absolute Gasteiger partial charge is 0.355 e. The van der Waals surface area contributed by atoms with Crippen molar-refractivity contribution < 1.29 is 9.59 Å². The summed E-state index contributed by atoms with van der Waals surface area (Å²) in [6.45, 7) is 4.47. The lowest BCUT2D eigenvalue weighted by Crippen LogP contribution is -2.47. The second-order valence-corrected chi connectivity index (χ2v) is 6.26. The number of piperazine rings is 1. The summed E-state index contributed by atoms with van der Waals surface area (Å²) in [7, 11) is 2.07. The third kappa shape index (κ3) is 4.41. The van der Waals surface area contributed by atoms with Crippen molar-refractivity contribution in [3.05, 3.63) is 0 Å². The highest BCUT2D eigenvalue weighted by Crippen LogP contribution is 2.30. The van der Waals surface area contributed by atoms with E-state index in [4.69, 9.17) is 5.73 Å². The third-order valence-electron chi connectivity index (χ3n) is 4.79. The number of carbonyl (C=O) groups is 2. The number of rotatable bonds is 5. The zero-order valence-electron chi connectivity index (χ0n) is 13.0. The predicted molar refractivity (Wildman–Crippen MR) is 81.6 cm³/mol. The summed E-state index contributed by atoms with van der Waals surface area (Å²) in [5, 5.41) is 2.92. The van der Waals surface area contributed by atoms with E-state index in [1.165, 1.54) is 0 Å². The number of carbonyl (C=O) groups excluding carboxylic acids is 2. The van der Waals surface area contributed by atoms with Crippen molar-refractivity contribution in [2.75, 3.05) is 46.3 Å². The number of hydrogen-bond acceptors (Lipinski definition) is 4. The SMILES string of the molecule is CN1CCN(C(=O)CCNC(=O)[C@@H]2CCC[C@@H]2CN)CC1. The van der Waals surface area contributed by atoms with Crippen LogP contribution in [0.15, 0.2) is 0 Å². The molecule has 6 nitrogen and oxygen atoms in total. The Balaban J connectivity index is 1.66. The molecule has 2 aliphatic rings. The van der Waals surface area contributed by atoms with Crippen molar-refractivity contribution in [2.45, 2.75) is 25.7 Å². The van der Waals surface area contributed by atoms with Gasteiger partial charge in [-0.15, -0.1) is 0 Å². The molecule has 2 atom stereocenters. The Morgan fingerprint density at radius 2 is 1.90 bits per heavy atom. The fourth-order valence-electron chi connectivity index (χ4n) is 3.30. The summed E-state index contributed by atoms with van der Waals surface area (Å²) in [5.74, 6) is 0.589. The van der Waals surface area contributed by atoms with Gasteiger partial charge in [-0.05, 0) is 32.4 Å². The Bertz CT molecular complexity index is 367. The summed E-state index contributed by atoms with van der Waals surface area (Å²) in [6, 6.07) is 0. The maximum absolute atomic E-state index is 12.1. The molecule has 1 saturated heterocycles. The first-order chi connectivity index (χ1) is 10.1. The molecule has 1 aliphatic heterocycles. The molecule has 0 spiro atoms. The molecule has 1 aliphatic carbocycles. The topological polar surface area (TPSA) is 78.7 Å². The van der Waals surface area contributed by atoms with Gasteiger partial charge < -0.3 is 20.9 Å². The molecule has 0 bridgehead atoms. The average Bonchev–Trinajstić information content (AvgIpc) is 2.96. The molecule has 2 amide bonds. The number of nitrogens with zero attached hydrogens (tertiary/aromatic N) is 2. The average molecular weight is 296 g/mol. The second kappa shape index (κ2) is 7.75. The third-order valence-corrected chi connectivity index (χ3v) is 4.79. The highest BCUT2D eigenvalue weighted by atomic mass is 16.2. The van der Waals surface area contributed by atoms with Crippen molar-refractivity contribution >= 4 is 11.8 Å². The van der Waals surface area contributed by atoms with E-state index in [1.807, 2.05) is 4.90 Å². The van der Waals surface area contributed by atoms with Gasteiger partial charge in [-0.3, -0.25) is 9.59 Å². The number of amides is 2. The lowest BCUT2D eigenvalue weighted by Gasteiger charge is -2.32. The number of hydrogen-bond donors (Lipinski definition) is 2. The predicted octanol–water partition coefficient (Wildman–Crippen LogP) is -0.358. The number of likely N-dealkylation sites (N-methyl/N-ethyl adjacent to an activating group) is 1. The van der Waals surface area contributed by atoms with Gasteiger partial charge in [0.1, 0.15) is 0 Å². The molecule has 2 fully saturated rings. The Kier molecular flexibility index (Phi) is 5.99. The molecule has 1 heterocycles. The first kappa shape index (κ1) is 16.2. The highest BCUT2D eigenvalue weighted by molar-refractivity contribution is 5.81. The van der Waals surface area contributed by atoms with Gasteiger partial charge in [0, 0.05) is 45.1 Å². The summed E-state index contributed by atoms with van der Waals surface area (Å²) in [6.07, 6.45) is 3.46. The Morgan fingerprint density at radius 1 is 1.19 bits per heavy atom. The van der Waals surface area contributed by atoms with Crippen molar-refractivity contribution in [3.63, 3.8) is 0 Å². The molecule has 0 unspecified atom stereocenters. The van der Waals surface area contributed by atoms with Crippen LogP contribution < -0.4 is 11.1 Å². The van der Waals surface area contributed by atoms with E-state index in [-0.39, 0.29) is 17.7 Å². The van der Waals surface area contributed by atoms with Crippen LogP contribution in [0, 0.1) is 11.8 Å². The molecule has 21 heavy (non-hydrogen) atoms. The van der Waals surface area contributed by atoms with Crippen LogP contribution in [0.5, 0.6) is 0 Å². The fourth-order valence-corrected chi connectivity index (χ4v) is 3.30. The smallest absolute Gasteiger partial charge is 0.224 e. The summed E-state index contributed by atoms with van der Waals surface area (Å²) < 4.78 is 0. The van der Waals surface area contributed by atoms with E-state index >= 15 is 0 Å². The number of nitrogens with two attached hydrogens (primary N) is 1. The molecule has 0 radical (unpaired) electrons. The lowest BCUT2D eigenvalue weighted by molar-refractivity contribution is -0.132. The van der Waals surface area contributed by atoms with Crippen LogP contribution in [0.1, 0.15) is 25.7 Å². The van der Waals surface area contributed by atoms with Gasteiger partial charge in [0.05, 0.1) is 0 Å². The molecule has 2 rings (SSSR count). The molecule has 6 heteroatoms. The quantitative estimate of drug-likeness (QED) is 0.726. The van der Waals surface area contributed by atoms with Gasteiger partial charge in [0.2, 0.25) is 11.8 Å². The van der Waals surface area contributed by atoms with Crippen molar-refractivity contribution in [1.82, 2.24) is 15.1 Å². The van der Waals surface area contributed by atoms with Crippen LogP contribution >= 0.6 is 0 Å². The van der Waals surface area contributed by atoms with E-state index < -0.39 is 0 Å². The minimum atomic E-state index is 0.0498. The maximum Gasteiger partial charge on any atom is 0.224 e. The first-order valence-corrected chi connectivity index (χ1v) is 8.06. The lowest BCUT2D eigenvalue weighted by atomic mass is 9.95. The van der Waals surface area contributed by atoms with Gasteiger partial charge in [-0.1, -0.05) is 6.42 Å². The summed E-state index contributed by atoms with van der Waals surface area (Å²) >= 11 is 0. The minimum absolute atomic E-state index is 0.0498. The van der Waals surface area contributed by atoms with E-state index in [1.54, 1.807) is 0 Å². The normalized spacial score (nSPS) is 26.9. The van der Waals surface area contributed by atoms with E-state index in [2.05, 4.69) is 17.3 Å². The van der Waals surface area contributed by atoms with Crippen LogP contribution in [0.25, 0.3) is 0 Å².